The Morgan fingerprint density at radius 3 is 2.51 bits per heavy atom. The van der Waals surface area contributed by atoms with Crippen molar-refractivity contribution < 1.29 is 0 Å². The topological polar surface area (TPSA) is 106 Å². The number of rotatable bonds is 8. The van der Waals surface area contributed by atoms with Gasteiger partial charge in [-0.1, -0.05) is 6.08 Å². The highest BCUT2D eigenvalue weighted by atomic mass is 16.1. The van der Waals surface area contributed by atoms with Crippen molar-refractivity contribution >= 4 is 28.4 Å². The van der Waals surface area contributed by atoms with Gasteiger partial charge in [0.25, 0.3) is 11.1 Å². The molecule has 1 aliphatic rings. The molecule has 4 heterocycles. The molecule has 0 bridgehead atoms. The van der Waals surface area contributed by atoms with Gasteiger partial charge in [-0.3, -0.25) is 9.59 Å². The molecule has 37 heavy (non-hydrogen) atoms. The third-order valence-electron chi connectivity index (χ3n) is 6.58. The predicted molar refractivity (Wildman–Crippen MR) is 145 cm³/mol. The molecule has 5 rings (SSSR count). The van der Waals surface area contributed by atoms with Gasteiger partial charge >= 0.3 is 0 Å². The molecule has 3 aromatic heterocycles. The number of fused-ring (bicyclic) bond motifs is 1. The van der Waals surface area contributed by atoms with Gasteiger partial charge in [0.15, 0.2) is 11.5 Å². The number of nitrogens with zero attached hydrogens (tertiary/aromatic N) is 8. The van der Waals surface area contributed by atoms with E-state index in [1.54, 1.807) is 16.8 Å². The molecule has 0 saturated carbocycles. The summed E-state index contributed by atoms with van der Waals surface area (Å²) in [5.74, 6) is 0.750. The minimum Gasteiger partial charge on any atom is -0.368 e. The number of hydrogen-bond donors (Lipinski definition) is 1. The molecule has 0 radical (unpaired) electrons. The van der Waals surface area contributed by atoms with Crippen LogP contribution in [0.1, 0.15) is 19.9 Å². The van der Waals surface area contributed by atoms with Gasteiger partial charge in [-0.2, -0.15) is 4.98 Å². The molecule has 0 unspecified atom stereocenters. The van der Waals surface area contributed by atoms with E-state index in [9.17, 15) is 9.59 Å². The van der Waals surface area contributed by atoms with Crippen LogP contribution in [-0.4, -0.2) is 67.2 Å². The van der Waals surface area contributed by atoms with E-state index in [0.29, 0.717) is 28.8 Å². The molecular formula is C26H31N9O2. The smallest absolute Gasteiger partial charge is 0.278 e. The summed E-state index contributed by atoms with van der Waals surface area (Å²) in [5, 5.41) is 8.08. The summed E-state index contributed by atoms with van der Waals surface area (Å²) in [6.45, 7) is 9.79. The maximum atomic E-state index is 13.2. The zero-order chi connectivity index (χ0) is 26.3. The SMILES string of the molecule is C=CCn1c(=O)c2cnc(Nc3ccc(N4CC(N(C)C)C4)cc3)nc2n1-c1ccc(=O)n(C(C)C)n1. The number of nitrogens with one attached hydrogen (secondary N) is 1. The van der Waals surface area contributed by atoms with Gasteiger partial charge in [0.05, 0.1) is 12.6 Å². The molecule has 1 aliphatic heterocycles. The molecule has 4 aromatic rings. The van der Waals surface area contributed by atoms with Gasteiger partial charge in [-0.15, -0.1) is 11.7 Å². The van der Waals surface area contributed by atoms with E-state index in [1.807, 2.05) is 26.0 Å². The highest BCUT2D eigenvalue weighted by molar-refractivity contribution is 5.77. The normalized spacial score (nSPS) is 13.9. The van der Waals surface area contributed by atoms with E-state index < -0.39 is 0 Å². The first kappa shape index (κ1) is 24.4. The molecule has 1 N–H and O–H groups in total. The molecule has 1 aromatic carbocycles. The van der Waals surface area contributed by atoms with E-state index in [4.69, 9.17) is 0 Å². The Morgan fingerprint density at radius 2 is 1.86 bits per heavy atom. The zero-order valence-electron chi connectivity index (χ0n) is 21.5. The van der Waals surface area contributed by atoms with Crippen molar-refractivity contribution in [3.05, 3.63) is 76.0 Å². The minimum absolute atomic E-state index is 0.145. The van der Waals surface area contributed by atoms with Crippen molar-refractivity contribution in [2.24, 2.45) is 0 Å². The van der Waals surface area contributed by atoms with Gasteiger partial charge in [0.2, 0.25) is 5.95 Å². The van der Waals surface area contributed by atoms with Crippen molar-refractivity contribution in [2.45, 2.75) is 32.5 Å². The largest absolute Gasteiger partial charge is 0.368 e. The first-order valence-corrected chi connectivity index (χ1v) is 12.2. The van der Waals surface area contributed by atoms with Crippen molar-refractivity contribution in [3.8, 4) is 5.82 Å². The third kappa shape index (κ3) is 4.53. The van der Waals surface area contributed by atoms with E-state index in [0.717, 1.165) is 18.8 Å². The van der Waals surface area contributed by atoms with Crippen molar-refractivity contribution in [1.82, 2.24) is 34.0 Å². The van der Waals surface area contributed by atoms with E-state index in [1.165, 1.54) is 27.3 Å². The van der Waals surface area contributed by atoms with Gasteiger partial charge in [-0.05, 0) is 58.3 Å². The average Bonchev–Trinajstić information content (AvgIpc) is 3.10. The summed E-state index contributed by atoms with van der Waals surface area (Å²) >= 11 is 0. The van der Waals surface area contributed by atoms with E-state index in [-0.39, 0.29) is 23.7 Å². The Bertz CT molecular complexity index is 1560. The minimum atomic E-state index is -0.263. The number of hydrogen-bond acceptors (Lipinski definition) is 8. The lowest BCUT2D eigenvalue weighted by atomic mass is 10.1. The van der Waals surface area contributed by atoms with Crippen molar-refractivity contribution in [3.63, 3.8) is 0 Å². The lowest BCUT2D eigenvalue weighted by molar-refractivity contribution is 0.247. The van der Waals surface area contributed by atoms with E-state index in [2.05, 4.69) is 63.0 Å². The number of allylic oxidation sites excluding steroid dienone is 1. The highest BCUT2D eigenvalue weighted by Crippen LogP contribution is 2.25. The van der Waals surface area contributed by atoms with Crippen LogP contribution in [0, 0.1) is 0 Å². The van der Waals surface area contributed by atoms with Gasteiger partial charge in [0, 0.05) is 42.8 Å². The number of benzene rings is 1. The van der Waals surface area contributed by atoms with Crippen LogP contribution in [0.15, 0.2) is 64.8 Å². The Morgan fingerprint density at radius 1 is 1.14 bits per heavy atom. The summed E-state index contributed by atoms with van der Waals surface area (Å²) < 4.78 is 4.47. The molecule has 11 heteroatoms. The molecule has 192 valence electrons. The summed E-state index contributed by atoms with van der Waals surface area (Å²) in [7, 11) is 4.21. The number of anilines is 3. The molecule has 1 fully saturated rings. The predicted octanol–water partition coefficient (Wildman–Crippen LogP) is 2.40. The Hall–Kier alpha value is -4.25. The average molecular weight is 502 g/mol. The first-order chi connectivity index (χ1) is 17.8. The second-order valence-corrected chi connectivity index (χ2v) is 9.68. The fourth-order valence-corrected chi connectivity index (χ4v) is 4.38. The summed E-state index contributed by atoms with van der Waals surface area (Å²) in [5.41, 5.74) is 1.90. The summed E-state index contributed by atoms with van der Waals surface area (Å²) in [4.78, 5) is 39.1. The van der Waals surface area contributed by atoms with Crippen LogP contribution in [0.3, 0.4) is 0 Å². The van der Waals surface area contributed by atoms with Crippen LogP contribution in [0.4, 0.5) is 17.3 Å². The Kier molecular flexibility index (Phi) is 6.38. The Labute approximate surface area is 214 Å². The van der Waals surface area contributed by atoms with Gasteiger partial charge < -0.3 is 15.1 Å². The standard InChI is InChI=1S/C26H31N9O2/c1-6-13-33-25(37)21-14-27-26(28-18-7-9-19(10-8-18)32-15-20(16-32)31(4)5)29-24(21)35(33)22-11-12-23(36)34(30-22)17(2)3/h6-12,14,17,20H,1,13,15-16H2,2-5H3,(H,27,28,29). The molecule has 0 atom stereocenters. The molecule has 0 amide bonds. The first-order valence-electron chi connectivity index (χ1n) is 12.2. The highest BCUT2D eigenvalue weighted by Gasteiger charge is 2.28. The zero-order valence-corrected chi connectivity index (χ0v) is 21.5. The van der Waals surface area contributed by atoms with Crippen molar-refractivity contribution in [1.29, 1.82) is 0 Å². The molecule has 11 nitrogen and oxygen atoms in total. The molecule has 0 spiro atoms. The van der Waals surface area contributed by atoms with Crippen LogP contribution in [-0.2, 0) is 6.54 Å². The second-order valence-electron chi connectivity index (χ2n) is 9.68. The molecular weight excluding hydrogens is 470 g/mol. The fourth-order valence-electron chi connectivity index (χ4n) is 4.38. The summed E-state index contributed by atoms with van der Waals surface area (Å²) in [6, 6.07) is 11.6. The molecule has 1 saturated heterocycles. The van der Waals surface area contributed by atoms with Gasteiger partial charge in [-0.25, -0.2) is 19.0 Å². The van der Waals surface area contributed by atoms with Crippen LogP contribution in [0.2, 0.25) is 0 Å². The van der Waals surface area contributed by atoms with Gasteiger partial charge in [0.1, 0.15) is 5.39 Å². The van der Waals surface area contributed by atoms with Crippen molar-refractivity contribution in [2.75, 3.05) is 37.4 Å². The van der Waals surface area contributed by atoms with E-state index >= 15 is 0 Å². The fraction of sp³-hybridized carbons (Fsp3) is 0.346. The maximum absolute atomic E-state index is 13.2. The molecule has 0 aliphatic carbocycles. The summed E-state index contributed by atoms with van der Waals surface area (Å²) in [6.07, 6.45) is 3.14. The maximum Gasteiger partial charge on any atom is 0.278 e. The quantitative estimate of drug-likeness (QED) is 0.367. The van der Waals surface area contributed by atoms with Crippen LogP contribution >= 0.6 is 0 Å². The lowest BCUT2D eigenvalue weighted by Gasteiger charge is -2.44. The monoisotopic (exact) mass is 501 g/mol. The van der Waals surface area contributed by atoms with Crippen LogP contribution in [0.5, 0.6) is 0 Å². The Balaban J connectivity index is 1.49. The second kappa shape index (κ2) is 9.66. The van der Waals surface area contributed by atoms with Crippen LogP contribution < -0.4 is 21.3 Å². The number of likely N-dealkylation sites (N-methyl/N-ethyl adjacent to an activating group) is 1. The van der Waals surface area contributed by atoms with Crippen LogP contribution in [0.25, 0.3) is 16.9 Å². The number of aromatic nitrogens is 6. The third-order valence-corrected chi connectivity index (χ3v) is 6.58. The lowest BCUT2D eigenvalue weighted by Crippen LogP contribution is -2.57.